The second kappa shape index (κ2) is 5.24. The molecule has 0 aliphatic heterocycles. The molecule has 2 rings (SSSR count). The van der Waals surface area contributed by atoms with Crippen LogP contribution in [0.2, 0.25) is 0 Å². The standard InChI is InChI=1S/C14H18N4O/c1-9-8-13(18(3)17-9)14(19)16-12-6-4-11(5-7-12)10(2)15/h4-8,10H,15H2,1-3H3,(H,16,19). The number of anilines is 1. The average molecular weight is 258 g/mol. The Morgan fingerprint density at radius 2 is 2.00 bits per heavy atom. The van der Waals surface area contributed by atoms with E-state index in [9.17, 15) is 4.79 Å². The van der Waals surface area contributed by atoms with Crippen LogP contribution in [0.25, 0.3) is 0 Å². The Balaban J connectivity index is 2.13. The highest BCUT2D eigenvalue weighted by molar-refractivity contribution is 6.03. The minimum Gasteiger partial charge on any atom is -0.324 e. The SMILES string of the molecule is Cc1cc(C(=O)Nc2ccc(C(C)N)cc2)n(C)n1. The van der Waals surface area contributed by atoms with E-state index in [4.69, 9.17) is 5.73 Å². The van der Waals surface area contributed by atoms with Gasteiger partial charge in [-0.25, -0.2) is 0 Å². The molecule has 0 saturated carbocycles. The first-order chi connectivity index (χ1) is 8.97. The predicted octanol–water partition coefficient (Wildman–Crippen LogP) is 2.00. The summed E-state index contributed by atoms with van der Waals surface area (Å²) in [5, 5.41) is 6.99. The fourth-order valence-corrected chi connectivity index (χ4v) is 1.89. The van der Waals surface area contributed by atoms with Gasteiger partial charge in [0.15, 0.2) is 0 Å². The second-order valence-electron chi connectivity index (χ2n) is 4.66. The van der Waals surface area contributed by atoms with E-state index in [-0.39, 0.29) is 11.9 Å². The Labute approximate surface area is 112 Å². The van der Waals surface area contributed by atoms with Crippen LogP contribution in [0.5, 0.6) is 0 Å². The molecule has 0 aliphatic carbocycles. The van der Waals surface area contributed by atoms with Gasteiger partial charge in [0.2, 0.25) is 0 Å². The quantitative estimate of drug-likeness (QED) is 0.884. The zero-order valence-electron chi connectivity index (χ0n) is 11.3. The lowest BCUT2D eigenvalue weighted by Gasteiger charge is -2.08. The van der Waals surface area contributed by atoms with Crippen LogP contribution in [-0.4, -0.2) is 15.7 Å². The first-order valence-electron chi connectivity index (χ1n) is 6.15. The number of aryl methyl sites for hydroxylation is 2. The molecule has 1 atom stereocenters. The summed E-state index contributed by atoms with van der Waals surface area (Å²) in [4.78, 5) is 12.1. The van der Waals surface area contributed by atoms with E-state index in [1.54, 1.807) is 17.8 Å². The first kappa shape index (κ1) is 13.3. The fraction of sp³-hybridized carbons (Fsp3) is 0.286. The van der Waals surface area contributed by atoms with E-state index in [2.05, 4.69) is 10.4 Å². The Bertz CT molecular complexity index is 584. The van der Waals surface area contributed by atoms with E-state index < -0.39 is 0 Å². The van der Waals surface area contributed by atoms with Crippen molar-refractivity contribution >= 4 is 11.6 Å². The number of rotatable bonds is 3. The van der Waals surface area contributed by atoms with Crippen LogP contribution in [0.3, 0.4) is 0 Å². The Hall–Kier alpha value is -2.14. The molecule has 3 N–H and O–H groups in total. The van der Waals surface area contributed by atoms with Gasteiger partial charge in [-0.2, -0.15) is 5.10 Å². The summed E-state index contributed by atoms with van der Waals surface area (Å²) in [5.74, 6) is -0.170. The molecule has 1 unspecified atom stereocenters. The average Bonchev–Trinajstić information content (AvgIpc) is 2.69. The number of nitrogens with zero attached hydrogens (tertiary/aromatic N) is 2. The van der Waals surface area contributed by atoms with Crippen LogP contribution in [-0.2, 0) is 7.05 Å². The molecule has 1 heterocycles. The summed E-state index contributed by atoms with van der Waals surface area (Å²) in [6, 6.07) is 9.26. The molecule has 0 aliphatic rings. The summed E-state index contributed by atoms with van der Waals surface area (Å²) in [6.07, 6.45) is 0. The van der Waals surface area contributed by atoms with E-state index in [0.29, 0.717) is 5.69 Å². The van der Waals surface area contributed by atoms with Gasteiger partial charge in [0, 0.05) is 18.8 Å². The molecule has 0 fully saturated rings. The maximum atomic E-state index is 12.1. The predicted molar refractivity (Wildman–Crippen MR) is 74.9 cm³/mol. The second-order valence-corrected chi connectivity index (χ2v) is 4.66. The van der Waals surface area contributed by atoms with Gasteiger partial charge in [0.05, 0.1) is 5.69 Å². The molecule has 0 radical (unpaired) electrons. The largest absolute Gasteiger partial charge is 0.324 e. The van der Waals surface area contributed by atoms with Crippen LogP contribution < -0.4 is 11.1 Å². The minimum atomic E-state index is -0.170. The smallest absolute Gasteiger partial charge is 0.273 e. The molecule has 0 saturated heterocycles. The summed E-state index contributed by atoms with van der Waals surface area (Å²) in [6.45, 7) is 3.78. The maximum absolute atomic E-state index is 12.1. The number of hydrogen-bond donors (Lipinski definition) is 2. The molecule has 2 aromatic rings. The molecule has 1 aromatic heterocycles. The van der Waals surface area contributed by atoms with Gasteiger partial charge in [-0.3, -0.25) is 9.48 Å². The molecule has 0 spiro atoms. The van der Waals surface area contributed by atoms with Gasteiger partial charge < -0.3 is 11.1 Å². The lowest BCUT2D eigenvalue weighted by atomic mass is 10.1. The van der Waals surface area contributed by atoms with E-state index >= 15 is 0 Å². The number of benzene rings is 1. The fourth-order valence-electron chi connectivity index (χ4n) is 1.89. The zero-order chi connectivity index (χ0) is 14.0. The number of hydrogen-bond acceptors (Lipinski definition) is 3. The molecule has 100 valence electrons. The molecule has 1 aromatic carbocycles. The van der Waals surface area contributed by atoms with Crippen LogP contribution in [0.15, 0.2) is 30.3 Å². The topological polar surface area (TPSA) is 72.9 Å². The number of carbonyl (C=O) groups is 1. The highest BCUT2D eigenvalue weighted by Gasteiger charge is 2.11. The third-order valence-corrected chi connectivity index (χ3v) is 2.93. The van der Waals surface area contributed by atoms with Crippen molar-refractivity contribution in [2.45, 2.75) is 19.9 Å². The van der Waals surface area contributed by atoms with Crippen LogP contribution in [0, 0.1) is 6.92 Å². The molecule has 0 bridgehead atoms. The van der Waals surface area contributed by atoms with Gasteiger partial charge in [0.1, 0.15) is 5.69 Å². The van der Waals surface area contributed by atoms with Crippen molar-refractivity contribution in [2.24, 2.45) is 12.8 Å². The van der Waals surface area contributed by atoms with Crippen LogP contribution in [0.1, 0.15) is 34.7 Å². The minimum absolute atomic E-state index is 0.00975. The molecular formula is C14H18N4O. The van der Waals surface area contributed by atoms with Crippen molar-refractivity contribution in [1.82, 2.24) is 9.78 Å². The van der Waals surface area contributed by atoms with E-state index in [1.807, 2.05) is 38.1 Å². The number of carbonyl (C=O) groups excluding carboxylic acids is 1. The first-order valence-corrected chi connectivity index (χ1v) is 6.15. The molecule has 19 heavy (non-hydrogen) atoms. The monoisotopic (exact) mass is 258 g/mol. The van der Waals surface area contributed by atoms with Crippen LogP contribution >= 0.6 is 0 Å². The highest BCUT2D eigenvalue weighted by Crippen LogP contribution is 2.15. The number of aromatic nitrogens is 2. The van der Waals surface area contributed by atoms with E-state index in [1.165, 1.54) is 0 Å². The Morgan fingerprint density at radius 1 is 1.37 bits per heavy atom. The Kier molecular flexibility index (Phi) is 3.66. The lowest BCUT2D eigenvalue weighted by molar-refractivity contribution is 0.101. The van der Waals surface area contributed by atoms with Crippen molar-refractivity contribution in [3.8, 4) is 0 Å². The van der Waals surface area contributed by atoms with Gasteiger partial charge >= 0.3 is 0 Å². The molecule has 5 heteroatoms. The van der Waals surface area contributed by atoms with Crippen molar-refractivity contribution in [3.05, 3.63) is 47.3 Å². The van der Waals surface area contributed by atoms with E-state index in [0.717, 1.165) is 16.9 Å². The summed E-state index contributed by atoms with van der Waals surface area (Å²) in [7, 11) is 1.75. The van der Waals surface area contributed by atoms with Crippen molar-refractivity contribution in [2.75, 3.05) is 5.32 Å². The highest BCUT2D eigenvalue weighted by atomic mass is 16.2. The molecule has 5 nitrogen and oxygen atoms in total. The maximum Gasteiger partial charge on any atom is 0.273 e. The third kappa shape index (κ3) is 3.00. The van der Waals surface area contributed by atoms with Gasteiger partial charge in [-0.15, -0.1) is 0 Å². The van der Waals surface area contributed by atoms with Gasteiger partial charge in [0.25, 0.3) is 5.91 Å². The third-order valence-electron chi connectivity index (χ3n) is 2.93. The molecular weight excluding hydrogens is 240 g/mol. The van der Waals surface area contributed by atoms with Crippen molar-refractivity contribution in [1.29, 1.82) is 0 Å². The van der Waals surface area contributed by atoms with Crippen molar-refractivity contribution < 1.29 is 4.79 Å². The normalized spacial score (nSPS) is 12.2. The lowest BCUT2D eigenvalue weighted by Crippen LogP contribution is -2.16. The van der Waals surface area contributed by atoms with Gasteiger partial charge in [-0.05, 0) is 37.6 Å². The zero-order valence-corrected chi connectivity index (χ0v) is 11.3. The van der Waals surface area contributed by atoms with Gasteiger partial charge in [-0.1, -0.05) is 12.1 Å². The number of nitrogens with two attached hydrogens (primary N) is 1. The summed E-state index contributed by atoms with van der Waals surface area (Å²) >= 11 is 0. The van der Waals surface area contributed by atoms with Crippen molar-refractivity contribution in [3.63, 3.8) is 0 Å². The molecule has 1 amide bonds. The number of amides is 1. The summed E-state index contributed by atoms with van der Waals surface area (Å²) in [5.41, 5.74) is 8.92. The van der Waals surface area contributed by atoms with Crippen LogP contribution in [0.4, 0.5) is 5.69 Å². The number of nitrogens with one attached hydrogen (secondary N) is 1. The summed E-state index contributed by atoms with van der Waals surface area (Å²) < 4.78 is 1.57. The Morgan fingerprint density at radius 3 is 2.47 bits per heavy atom.